The van der Waals surface area contributed by atoms with Gasteiger partial charge in [0.1, 0.15) is 24.0 Å². The molecule has 5 heteroatoms. The van der Waals surface area contributed by atoms with Crippen LogP contribution < -0.4 is 10.1 Å². The summed E-state index contributed by atoms with van der Waals surface area (Å²) in [7, 11) is 0. The summed E-state index contributed by atoms with van der Waals surface area (Å²) in [4.78, 5) is 11.8. The van der Waals surface area contributed by atoms with E-state index in [1.807, 2.05) is 24.3 Å². The first-order chi connectivity index (χ1) is 12.1. The van der Waals surface area contributed by atoms with Crippen LogP contribution in [0.2, 0.25) is 0 Å². The highest BCUT2D eigenvalue weighted by Gasteiger charge is 2.11. The van der Waals surface area contributed by atoms with Crippen LogP contribution in [0.4, 0.5) is 8.78 Å². The van der Waals surface area contributed by atoms with Gasteiger partial charge in [-0.3, -0.25) is 4.79 Å². The van der Waals surface area contributed by atoms with Gasteiger partial charge in [-0.15, -0.1) is 6.58 Å². The maximum Gasteiger partial charge on any atom is 0.255 e. The van der Waals surface area contributed by atoms with Crippen molar-refractivity contribution in [2.75, 3.05) is 13.2 Å². The Bertz CT molecular complexity index is 822. The number of nitrogens with one attached hydrogen (secondary N) is 1. The van der Waals surface area contributed by atoms with E-state index in [2.05, 4.69) is 23.7 Å². The number of carbonyl (C=O) groups is 1. The Hall–Kier alpha value is -3.13. The van der Waals surface area contributed by atoms with Gasteiger partial charge in [0, 0.05) is 6.07 Å². The highest BCUT2D eigenvalue weighted by Crippen LogP contribution is 2.18. The highest BCUT2D eigenvalue weighted by atomic mass is 19.1. The van der Waals surface area contributed by atoms with Crippen molar-refractivity contribution in [3.63, 3.8) is 0 Å². The lowest BCUT2D eigenvalue weighted by Crippen LogP contribution is -2.24. The Labute approximate surface area is 145 Å². The minimum atomic E-state index is -0.910. The molecule has 2 aromatic rings. The van der Waals surface area contributed by atoms with Crippen LogP contribution in [0.25, 0.3) is 0 Å². The van der Waals surface area contributed by atoms with Crippen LogP contribution in [0.5, 0.6) is 5.75 Å². The molecule has 0 unspecified atom stereocenters. The summed E-state index contributed by atoms with van der Waals surface area (Å²) in [5.74, 6) is 3.92. The Morgan fingerprint density at radius 2 is 2.00 bits per heavy atom. The van der Waals surface area contributed by atoms with E-state index in [1.54, 1.807) is 6.08 Å². The minimum absolute atomic E-state index is 0.0350. The lowest BCUT2D eigenvalue weighted by Gasteiger charge is -2.07. The molecule has 0 aliphatic heterocycles. The number of halogens is 2. The molecular formula is C20H17F2NO2. The fourth-order valence-corrected chi connectivity index (χ4v) is 2.09. The van der Waals surface area contributed by atoms with Crippen molar-refractivity contribution in [1.82, 2.24) is 5.32 Å². The Kier molecular flexibility index (Phi) is 6.73. The van der Waals surface area contributed by atoms with Gasteiger partial charge in [-0.1, -0.05) is 36.1 Å². The van der Waals surface area contributed by atoms with Crippen molar-refractivity contribution in [3.05, 3.63) is 77.9 Å². The average Bonchev–Trinajstić information content (AvgIpc) is 2.59. The fourth-order valence-electron chi connectivity index (χ4n) is 2.09. The van der Waals surface area contributed by atoms with Gasteiger partial charge in [-0.05, 0) is 30.2 Å². The summed E-state index contributed by atoms with van der Waals surface area (Å²) in [6.07, 6.45) is 2.49. The van der Waals surface area contributed by atoms with E-state index < -0.39 is 17.5 Å². The van der Waals surface area contributed by atoms with Crippen LogP contribution in [0.15, 0.2) is 55.1 Å². The highest BCUT2D eigenvalue weighted by molar-refractivity contribution is 5.94. The topological polar surface area (TPSA) is 38.3 Å². The van der Waals surface area contributed by atoms with E-state index in [4.69, 9.17) is 4.74 Å². The van der Waals surface area contributed by atoms with E-state index in [-0.39, 0.29) is 18.7 Å². The smallest absolute Gasteiger partial charge is 0.255 e. The fraction of sp³-hybridized carbons (Fsp3) is 0.150. The molecular weight excluding hydrogens is 324 g/mol. The first kappa shape index (κ1) is 18.2. The molecule has 2 rings (SSSR count). The zero-order valence-corrected chi connectivity index (χ0v) is 13.5. The van der Waals surface area contributed by atoms with Crippen molar-refractivity contribution < 1.29 is 18.3 Å². The molecule has 0 spiro atoms. The third kappa shape index (κ3) is 5.47. The van der Waals surface area contributed by atoms with Crippen molar-refractivity contribution in [1.29, 1.82) is 0 Å². The SMILES string of the molecule is C=CCc1ccccc1OCC#CCNC(=O)c1ccc(F)cc1F. The van der Waals surface area contributed by atoms with Crippen LogP contribution in [0, 0.1) is 23.5 Å². The molecule has 128 valence electrons. The lowest BCUT2D eigenvalue weighted by atomic mass is 10.1. The second-order valence-electron chi connectivity index (χ2n) is 5.05. The molecule has 0 atom stereocenters. The molecule has 25 heavy (non-hydrogen) atoms. The molecule has 2 aromatic carbocycles. The number of para-hydroxylation sites is 1. The van der Waals surface area contributed by atoms with Crippen LogP contribution in [0.1, 0.15) is 15.9 Å². The molecule has 1 N–H and O–H groups in total. The van der Waals surface area contributed by atoms with E-state index in [0.717, 1.165) is 23.4 Å². The molecule has 0 fully saturated rings. The van der Waals surface area contributed by atoms with Crippen LogP contribution in [0.3, 0.4) is 0 Å². The summed E-state index contributed by atoms with van der Waals surface area (Å²) in [6, 6.07) is 10.4. The standard InChI is InChI=1S/C20H17F2NO2/c1-2-7-15-8-3-4-9-19(15)25-13-6-5-12-23-20(24)17-11-10-16(21)14-18(17)22/h2-4,8-11,14H,1,7,12-13H2,(H,23,24). The zero-order chi connectivity index (χ0) is 18.1. The molecule has 0 bridgehead atoms. The number of allylic oxidation sites excluding steroid dienone is 1. The van der Waals surface area contributed by atoms with Gasteiger partial charge in [0.05, 0.1) is 12.1 Å². The van der Waals surface area contributed by atoms with E-state index in [1.165, 1.54) is 0 Å². The monoisotopic (exact) mass is 341 g/mol. The van der Waals surface area contributed by atoms with Crippen molar-refractivity contribution in [3.8, 4) is 17.6 Å². The van der Waals surface area contributed by atoms with Gasteiger partial charge in [0.15, 0.2) is 0 Å². The first-order valence-corrected chi connectivity index (χ1v) is 7.62. The van der Waals surface area contributed by atoms with Crippen LogP contribution in [-0.4, -0.2) is 19.1 Å². The summed E-state index contributed by atoms with van der Waals surface area (Å²) in [6.45, 7) is 3.90. The van der Waals surface area contributed by atoms with Gasteiger partial charge in [0.2, 0.25) is 0 Å². The third-order valence-electron chi connectivity index (χ3n) is 3.27. The average molecular weight is 341 g/mol. The van der Waals surface area contributed by atoms with E-state index in [9.17, 15) is 13.6 Å². The maximum atomic E-state index is 13.5. The number of hydrogen-bond acceptors (Lipinski definition) is 2. The zero-order valence-electron chi connectivity index (χ0n) is 13.5. The number of carbonyl (C=O) groups excluding carboxylic acids is 1. The summed E-state index contributed by atoms with van der Waals surface area (Å²) in [5, 5.41) is 2.45. The molecule has 0 aliphatic rings. The molecule has 0 heterocycles. The van der Waals surface area contributed by atoms with Crippen molar-refractivity contribution >= 4 is 5.91 Å². The maximum absolute atomic E-state index is 13.5. The second kappa shape index (κ2) is 9.24. The largest absolute Gasteiger partial charge is 0.481 e. The van der Waals surface area contributed by atoms with E-state index in [0.29, 0.717) is 12.5 Å². The van der Waals surface area contributed by atoms with Gasteiger partial charge < -0.3 is 10.1 Å². The summed E-state index contributed by atoms with van der Waals surface area (Å²) < 4.78 is 31.8. The van der Waals surface area contributed by atoms with Crippen LogP contribution in [-0.2, 0) is 6.42 Å². The Morgan fingerprint density at radius 3 is 2.76 bits per heavy atom. The number of ether oxygens (including phenoxy) is 1. The second-order valence-corrected chi connectivity index (χ2v) is 5.05. The van der Waals surface area contributed by atoms with E-state index >= 15 is 0 Å². The van der Waals surface area contributed by atoms with Gasteiger partial charge in [-0.25, -0.2) is 8.78 Å². The quantitative estimate of drug-likeness (QED) is 0.645. The number of hydrogen-bond donors (Lipinski definition) is 1. The van der Waals surface area contributed by atoms with Crippen molar-refractivity contribution in [2.24, 2.45) is 0 Å². The predicted octanol–water partition coefficient (Wildman–Crippen LogP) is 3.51. The minimum Gasteiger partial charge on any atom is -0.481 e. The summed E-state index contributed by atoms with van der Waals surface area (Å²) >= 11 is 0. The number of benzene rings is 2. The lowest BCUT2D eigenvalue weighted by molar-refractivity contribution is 0.0954. The van der Waals surface area contributed by atoms with Gasteiger partial charge in [0.25, 0.3) is 5.91 Å². The third-order valence-corrected chi connectivity index (χ3v) is 3.27. The Morgan fingerprint density at radius 1 is 1.20 bits per heavy atom. The molecule has 1 amide bonds. The predicted molar refractivity (Wildman–Crippen MR) is 92.3 cm³/mol. The number of rotatable bonds is 6. The van der Waals surface area contributed by atoms with Gasteiger partial charge in [-0.2, -0.15) is 0 Å². The molecule has 0 radical (unpaired) electrons. The normalized spacial score (nSPS) is 9.68. The van der Waals surface area contributed by atoms with Crippen molar-refractivity contribution in [2.45, 2.75) is 6.42 Å². The molecule has 0 saturated heterocycles. The molecule has 3 nitrogen and oxygen atoms in total. The molecule has 0 saturated carbocycles. The number of amides is 1. The van der Waals surface area contributed by atoms with Crippen LogP contribution >= 0.6 is 0 Å². The first-order valence-electron chi connectivity index (χ1n) is 7.62. The van der Waals surface area contributed by atoms with Gasteiger partial charge >= 0.3 is 0 Å². The summed E-state index contributed by atoms with van der Waals surface area (Å²) in [5.41, 5.74) is 0.789. The molecule has 0 aromatic heterocycles. The molecule has 0 aliphatic carbocycles. The Balaban J connectivity index is 1.81.